The standard InChI is InChI=1S/C21H21N5O3/c1-14-12-19(29-16-7-5-15(28-2)6-8-16)25-20(24-14)18-4-3-11-26(18)21(27)17-13-22-9-10-23-17/h5-10,12-13,18H,3-4,11H2,1-2H3/t18-/m1/s1. The summed E-state index contributed by atoms with van der Waals surface area (Å²) in [6, 6.07) is 8.83. The Labute approximate surface area is 168 Å². The molecule has 1 atom stereocenters. The largest absolute Gasteiger partial charge is 0.497 e. The molecule has 4 rings (SSSR count). The van der Waals surface area contributed by atoms with Crippen LogP contribution in [0.25, 0.3) is 0 Å². The van der Waals surface area contributed by atoms with Crippen molar-refractivity contribution in [3.63, 3.8) is 0 Å². The molecule has 0 radical (unpaired) electrons. The summed E-state index contributed by atoms with van der Waals surface area (Å²) in [7, 11) is 1.62. The van der Waals surface area contributed by atoms with Crippen LogP contribution in [-0.2, 0) is 0 Å². The van der Waals surface area contributed by atoms with Crippen LogP contribution in [0.1, 0.15) is 40.9 Å². The third-order valence-electron chi connectivity index (χ3n) is 4.72. The molecule has 3 aromatic rings. The lowest BCUT2D eigenvalue weighted by molar-refractivity contribution is 0.0722. The topological polar surface area (TPSA) is 90.3 Å². The average molecular weight is 391 g/mol. The van der Waals surface area contributed by atoms with Crippen LogP contribution in [0.15, 0.2) is 48.9 Å². The van der Waals surface area contributed by atoms with Gasteiger partial charge >= 0.3 is 0 Å². The predicted molar refractivity (Wildman–Crippen MR) is 105 cm³/mol. The van der Waals surface area contributed by atoms with E-state index in [1.807, 2.05) is 31.2 Å². The van der Waals surface area contributed by atoms with Gasteiger partial charge < -0.3 is 14.4 Å². The first-order valence-electron chi connectivity index (χ1n) is 9.38. The summed E-state index contributed by atoms with van der Waals surface area (Å²) in [5.74, 6) is 2.25. The SMILES string of the molecule is COc1ccc(Oc2cc(C)nc([C@H]3CCCN3C(=O)c3cnccn3)n2)cc1. The number of carbonyl (C=O) groups is 1. The van der Waals surface area contributed by atoms with Crippen molar-refractivity contribution in [3.05, 3.63) is 66.1 Å². The van der Waals surface area contributed by atoms with Crippen molar-refractivity contribution in [1.82, 2.24) is 24.8 Å². The second kappa shape index (κ2) is 8.22. The smallest absolute Gasteiger partial charge is 0.274 e. The Bertz CT molecular complexity index is 995. The van der Waals surface area contributed by atoms with Crippen LogP contribution in [0.4, 0.5) is 0 Å². The van der Waals surface area contributed by atoms with Gasteiger partial charge in [-0.2, -0.15) is 4.98 Å². The summed E-state index contributed by atoms with van der Waals surface area (Å²) in [5.41, 5.74) is 1.10. The maximum Gasteiger partial charge on any atom is 0.274 e. The van der Waals surface area contributed by atoms with E-state index in [4.69, 9.17) is 9.47 Å². The summed E-state index contributed by atoms with van der Waals surface area (Å²) in [5, 5.41) is 0. The fourth-order valence-electron chi connectivity index (χ4n) is 3.36. The number of methoxy groups -OCH3 is 1. The minimum Gasteiger partial charge on any atom is -0.497 e. The molecule has 0 bridgehead atoms. The van der Waals surface area contributed by atoms with Gasteiger partial charge in [-0.25, -0.2) is 9.97 Å². The molecule has 8 nitrogen and oxygen atoms in total. The van der Waals surface area contributed by atoms with Crippen molar-refractivity contribution < 1.29 is 14.3 Å². The first-order chi connectivity index (χ1) is 14.1. The van der Waals surface area contributed by atoms with Crippen molar-refractivity contribution >= 4 is 5.91 Å². The number of benzene rings is 1. The van der Waals surface area contributed by atoms with E-state index in [1.54, 1.807) is 24.3 Å². The quantitative estimate of drug-likeness (QED) is 0.659. The molecule has 1 aliphatic heterocycles. The van der Waals surface area contributed by atoms with Gasteiger partial charge in [0.15, 0.2) is 5.82 Å². The van der Waals surface area contributed by atoms with E-state index in [1.165, 1.54) is 12.4 Å². The van der Waals surface area contributed by atoms with Gasteiger partial charge in [0.25, 0.3) is 5.91 Å². The Balaban J connectivity index is 1.58. The lowest BCUT2D eigenvalue weighted by Crippen LogP contribution is -2.32. The molecule has 1 aromatic carbocycles. The molecule has 1 amide bonds. The van der Waals surface area contributed by atoms with Crippen LogP contribution in [0.3, 0.4) is 0 Å². The highest BCUT2D eigenvalue weighted by Crippen LogP contribution is 2.32. The predicted octanol–water partition coefficient (Wildman–Crippen LogP) is 3.35. The van der Waals surface area contributed by atoms with E-state index in [-0.39, 0.29) is 11.9 Å². The van der Waals surface area contributed by atoms with Crippen LogP contribution in [0.2, 0.25) is 0 Å². The molecule has 2 aromatic heterocycles. The lowest BCUT2D eigenvalue weighted by atomic mass is 10.2. The zero-order chi connectivity index (χ0) is 20.2. The third-order valence-corrected chi connectivity index (χ3v) is 4.72. The zero-order valence-corrected chi connectivity index (χ0v) is 16.3. The number of nitrogens with zero attached hydrogens (tertiary/aromatic N) is 5. The summed E-state index contributed by atoms with van der Waals surface area (Å²) >= 11 is 0. The van der Waals surface area contributed by atoms with E-state index in [2.05, 4.69) is 19.9 Å². The van der Waals surface area contributed by atoms with Crippen LogP contribution >= 0.6 is 0 Å². The molecule has 0 spiro atoms. The van der Waals surface area contributed by atoms with Crippen LogP contribution in [-0.4, -0.2) is 44.4 Å². The molecule has 8 heteroatoms. The molecule has 3 heterocycles. The van der Waals surface area contributed by atoms with Crippen molar-refractivity contribution in [1.29, 1.82) is 0 Å². The van der Waals surface area contributed by atoms with Crippen molar-refractivity contribution in [2.24, 2.45) is 0 Å². The van der Waals surface area contributed by atoms with Gasteiger partial charge in [0, 0.05) is 30.7 Å². The molecule has 0 aliphatic carbocycles. The lowest BCUT2D eigenvalue weighted by Gasteiger charge is -2.23. The number of hydrogen-bond acceptors (Lipinski definition) is 7. The summed E-state index contributed by atoms with van der Waals surface area (Å²) < 4.78 is 11.1. The maximum atomic E-state index is 12.9. The molecule has 1 saturated heterocycles. The molecule has 0 unspecified atom stereocenters. The molecular formula is C21H21N5O3. The Morgan fingerprint density at radius 2 is 1.93 bits per heavy atom. The highest BCUT2D eigenvalue weighted by Gasteiger charge is 2.33. The highest BCUT2D eigenvalue weighted by atomic mass is 16.5. The second-order valence-corrected chi connectivity index (χ2v) is 6.73. The fourth-order valence-corrected chi connectivity index (χ4v) is 3.36. The van der Waals surface area contributed by atoms with Gasteiger partial charge in [0.1, 0.15) is 17.2 Å². The number of carbonyl (C=O) groups excluding carboxylic acids is 1. The summed E-state index contributed by atoms with van der Waals surface area (Å²) in [4.78, 5) is 31.9. The van der Waals surface area contributed by atoms with E-state index >= 15 is 0 Å². The number of ether oxygens (including phenoxy) is 2. The molecule has 0 saturated carbocycles. The van der Waals surface area contributed by atoms with Crippen LogP contribution in [0, 0.1) is 6.92 Å². The molecule has 1 aliphatic rings. The Hall–Kier alpha value is -3.55. The third kappa shape index (κ3) is 4.16. The van der Waals surface area contributed by atoms with Crippen LogP contribution < -0.4 is 9.47 Å². The van der Waals surface area contributed by atoms with Gasteiger partial charge in [-0.3, -0.25) is 9.78 Å². The van der Waals surface area contributed by atoms with E-state index in [9.17, 15) is 4.79 Å². The molecular weight excluding hydrogens is 370 g/mol. The van der Waals surface area contributed by atoms with Crippen molar-refractivity contribution in [2.75, 3.05) is 13.7 Å². The highest BCUT2D eigenvalue weighted by molar-refractivity contribution is 5.92. The number of aromatic nitrogens is 4. The first-order valence-corrected chi connectivity index (χ1v) is 9.38. The van der Waals surface area contributed by atoms with E-state index in [0.29, 0.717) is 29.7 Å². The molecule has 29 heavy (non-hydrogen) atoms. The first kappa shape index (κ1) is 18.8. The minimum absolute atomic E-state index is 0.164. The van der Waals surface area contributed by atoms with Gasteiger partial charge in [-0.15, -0.1) is 0 Å². The summed E-state index contributed by atoms with van der Waals surface area (Å²) in [6.07, 6.45) is 6.21. The Morgan fingerprint density at radius 3 is 2.66 bits per heavy atom. The van der Waals surface area contributed by atoms with Crippen molar-refractivity contribution in [2.45, 2.75) is 25.8 Å². The fraction of sp³-hybridized carbons (Fsp3) is 0.286. The average Bonchev–Trinajstić information content (AvgIpc) is 3.24. The Kier molecular flexibility index (Phi) is 5.33. The molecule has 148 valence electrons. The van der Waals surface area contributed by atoms with Gasteiger partial charge in [-0.05, 0) is 44.0 Å². The number of rotatable bonds is 5. The molecule has 1 fully saturated rings. The van der Waals surface area contributed by atoms with Crippen molar-refractivity contribution in [3.8, 4) is 17.4 Å². The Morgan fingerprint density at radius 1 is 1.14 bits per heavy atom. The zero-order valence-electron chi connectivity index (χ0n) is 16.3. The number of amides is 1. The van der Waals surface area contributed by atoms with Gasteiger partial charge in [0.2, 0.25) is 5.88 Å². The molecule has 0 N–H and O–H groups in total. The summed E-state index contributed by atoms with van der Waals surface area (Å²) in [6.45, 7) is 2.52. The normalized spacial score (nSPS) is 15.9. The van der Waals surface area contributed by atoms with E-state index in [0.717, 1.165) is 24.3 Å². The van der Waals surface area contributed by atoms with Crippen LogP contribution in [0.5, 0.6) is 17.4 Å². The monoisotopic (exact) mass is 391 g/mol. The second-order valence-electron chi connectivity index (χ2n) is 6.73. The maximum absolute atomic E-state index is 12.9. The number of aryl methyl sites for hydroxylation is 1. The van der Waals surface area contributed by atoms with Gasteiger partial charge in [0.05, 0.1) is 19.3 Å². The number of hydrogen-bond donors (Lipinski definition) is 0. The van der Waals surface area contributed by atoms with E-state index < -0.39 is 0 Å². The van der Waals surface area contributed by atoms with Gasteiger partial charge in [-0.1, -0.05) is 0 Å². The minimum atomic E-state index is -0.220. The number of likely N-dealkylation sites (tertiary alicyclic amines) is 1.